The Morgan fingerprint density at radius 3 is 3.00 bits per heavy atom. The first-order chi connectivity index (χ1) is 5.70. The average Bonchev–Trinajstić information content (AvgIpc) is 2.51. The fourth-order valence-corrected chi connectivity index (χ4v) is 1.61. The molecule has 3 unspecified atom stereocenters. The van der Waals surface area contributed by atoms with E-state index in [4.69, 9.17) is 0 Å². The van der Waals surface area contributed by atoms with Gasteiger partial charge in [0.25, 0.3) is 0 Å². The highest BCUT2D eigenvalue weighted by Gasteiger charge is 2.15. The summed E-state index contributed by atoms with van der Waals surface area (Å²) in [5, 5.41) is 6.96. The summed E-state index contributed by atoms with van der Waals surface area (Å²) in [6.07, 6.45) is 2.96. The molecule has 3 nitrogen and oxygen atoms in total. The molecule has 3 atom stereocenters. The molecule has 1 heterocycles. The molecule has 1 rings (SSSR count). The summed E-state index contributed by atoms with van der Waals surface area (Å²) in [5.74, 6) is 0. The Kier molecular flexibility index (Phi) is 4.18. The van der Waals surface area contributed by atoms with Crippen LogP contribution in [0.15, 0.2) is 0 Å². The third kappa shape index (κ3) is 3.21. The van der Waals surface area contributed by atoms with Crippen LogP contribution in [-0.4, -0.2) is 41.4 Å². The van der Waals surface area contributed by atoms with Crippen molar-refractivity contribution in [3.05, 3.63) is 0 Å². The zero-order chi connectivity index (χ0) is 8.97. The lowest BCUT2D eigenvalue weighted by molar-refractivity contribution is 0.545. The number of rotatable bonds is 4. The summed E-state index contributed by atoms with van der Waals surface area (Å²) >= 11 is 0. The van der Waals surface area contributed by atoms with Gasteiger partial charge < -0.3 is 10.6 Å². The van der Waals surface area contributed by atoms with E-state index in [2.05, 4.69) is 10.6 Å². The van der Waals surface area contributed by atoms with Crippen LogP contribution >= 0.6 is 0 Å². The molecule has 72 valence electrons. The summed E-state index contributed by atoms with van der Waals surface area (Å²) in [5.41, 5.74) is 0. The summed E-state index contributed by atoms with van der Waals surface area (Å²) in [7, 11) is -0.693. The van der Waals surface area contributed by atoms with E-state index in [0.29, 0.717) is 6.04 Å². The summed E-state index contributed by atoms with van der Waals surface area (Å²) < 4.78 is 11.0. The first-order valence-electron chi connectivity index (χ1n) is 4.46. The van der Waals surface area contributed by atoms with Crippen LogP contribution in [-0.2, 0) is 10.8 Å². The minimum Gasteiger partial charge on any atom is -0.315 e. The van der Waals surface area contributed by atoms with Gasteiger partial charge in [0.2, 0.25) is 0 Å². The number of nitrogens with one attached hydrogen (secondary N) is 2. The molecule has 0 aromatic rings. The maximum atomic E-state index is 11.0. The van der Waals surface area contributed by atoms with E-state index in [9.17, 15) is 4.21 Å². The molecule has 0 bridgehead atoms. The predicted molar refractivity (Wildman–Crippen MR) is 52.8 cm³/mol. The first kappa shape index (κ1) is 10.2. The smallest absolute Gasteiger partial charge is 0.0441 e. The Morgan fingerprint density at radius 2 is 2.50 bits per heavy atom. The molecule has 2 N–H and O–H groups in total. The molecular formula is C8H18N2OS. The average molecular weight is 190 g/mol. The van der Waals surface area contributed by atoms with Crippen molar-refractivity contribution < 1.29 is 4.21 Å². The molecule has 4 heteroatoms. The van der Waals surface area contributed by atoms with Crippen molar-refractivity contribution >= 4 is 10.8 Å². The van der Waals surface area contributed by atoms with Gasteiger partial charge in [0.15, 0.2) is 0 Å². The molecule has 1 aliphatic rings. The largest absolute Gasteiger partial charge is 0.315 e. The predicted octanol–water partition coefficient (Wildman–Crippen LogP) is -0.295. The lowest BCUT2D eigenvalue weighted by Crippen LogP contribution is -2.37. The van der Waals surface area contributed by atoms with Crippen LogP contribution in [0.1, 0.15) is 13.3 Å². The van der Waals surface area contributed by atoms with Crippen molar-refractivity contribution in [3.8, 4) is 0 Å². The molecule has 0 spiro atoms. The van der Waals surface area contributed by atoms with E-state index in [1.165, 1.54) is 6.42 Å². The summed E-state index contributed by atoms with van der Waals surface area (Å²) in [6.45, 7) is 5.06. The standard InChI is InChI=1S/C8H18N2OS/c1-7(12(2)11)5-10-8-3-4-9-6-8/h7-10H,3-6H2,1-2H3. The summed E-state index contributed by atoms with van der Waals surface area (Å²) in [6, 6.07) is 0.594. The van der Waals surface area contributed by atoms with Crippen LogP contribution in [0, 0.1) is 0 Å². The maximum absolute atomic E-state index is 11.0. The molecule has 0 aromatic heterocycles. The fourth-order valence-electron chi connectivity index (χ4n) is 1.28. The Balaban J connectivity index is 2.11. The van der Waals surface area contributed by atoms with Gasteiger partial charge in [0, 0.05) is 41.4 Å². The van der Waals surface area contributed by atoms with Gasteiger partial charge in [-0.05, 0) is 19.9 Å². The third-order valence-electron chi connectivity index (χ3n) is 2.32. The van der Waals surface area contributed by atoms with E-state index in [1.54, 1.807) is 6.26 Å². The first-order valence-corrected chi connectivity index (χ1v) is 6.08. The van der Waals surface area contributed by atoms with Gasteiger partial charge in [-0.25, -0.2) is 0 Å². The number of hydrogen-bond acceptors (Lipinski definition) is 3. The molecule has 1 fully saturated rings. The quantitative estimate of drug-likeness (QED) is 0.640. The Bertz CT molecular complexity index is 157. The molecule has 0 saturated carbocycles. The Hall–Kier alpha value is 0.0700. The van der Waals surface area contributed by atoms with Gasteiger partial charge in [-0.3, -0.25) is 4.21 Å². The minimum atomic E-state index is -0.693. The minimum absolute atomic E-state index is 0.269. The fraction of sp³-hybridized carbons (Fsp3) is 1.00. The van der Waals surface area contributed by atoms with E-state index in [-0.39, 0.29) is 5.25 Å². The normalized spacial score (nSPS) is 28.7. The molecule has 0 aromatic carbocycles. The highest BCUT2D eigenvalue weighted by Crippen LogP contribution is 1.98. The van der Waals surface area contributed by atoms with Gasteiger partial charge in [-0.15, -0.1) is 0 Å². The Labute approximate surface area is 76.8 Å². The van der Waals surface area contributed by atoms with Crippen LogP contribution in [0.4, 0.5) is 0 Å². The van der Waals surface area contributed by atoms with E-state index in [0.717, 1.165) is 19.6 Å². The Morgan fingerprint density at radius 1 is 1.75 bits per heavy atom. The zero-order valence-corrected chi connectivity index (χ0v) is 8.62. The zero-order valence-electron chi connectivity index (χ0n) is 7.80. The second-order valence-corrected chi connectivity index (χ2v) is 5.21. The van der Waals surface area contributed by atoms with Gasteiger partial charge >= 0.3 is 0 Å². The lowest BCUT2D eigenvalue weighted by Gasteiger charge is -2.14. The van der Waals surface area contributed by atoms with Crippen molar-refractivity contribution in [3.63, 3.8) is 0 Å². The second-order valence-electron chi connectivity index (χ2n) is 3.41. The third-order valence-corrected chi connectivity index (χ3v) is 3.62. The van der Waals surface area contributed by atoms with Crippen molar-refractivity contribution in [2.24, 2.45) is 0 Å². The van der Waals surface area contributed by atoms with Crippen LogP contribution in [0.25, 0.3) is 0 Å². The monoisotopic (exact) mass is 190 g/mol. The molecule has 0 amide bonds. The highest BCUT2D eigenvalue weighted by molar-refractivity contribution is 7.84. The maximum Gasteiger partial charge on any atom is 0.0441 e. The van der Waals surface area contributed by atoms with Crippen LogP contribution in [0.3, 0.4) is 0 Å². The molecule has 0 aliphatic carbocycles. The van der Waals surface area contributed by atoms with Crippen molar-refractivity contribution in [2.75, 3.05) is 25.9 Å². The number of hydrogen-bond donors (Lipinski definition) is 2. The van der Waals surface area contributed by atoms with Gasteiger partial charge in [0.1, 0.15) is 0 Å². The molecule has 1 aliphatic heterocycles. The second kappa shape index (κ2) is 4.94. The molecule has 0 radical (unpaired) electrons. The van der Waals surface area contributed by atoms with Crippen LogP contribution < -0.4 is 10.6 Å². The van der Waals surface area contributed by atoms with Gasteiger partial charge in [-0.1, -0.05) is 0 Å². The SMILES string of the molecule is CC(CNC1CCNC1)S(C)=O. The van der Waals surface area contributed by atoms with Crippen molar-refractivity contribution in [1.29, 1.82) is 0 Å². The van der Waals surface area contributed by atoms with Crippen LogP contribution in [0.5, 0.6) is 0 Å². The van der Waals surface area contributed by atoms with Crippen molar-refractivity contribution in [2.45, 2.75) is 24.6 Å². The summed E-state index contributed by atoms with van der Waals surface area (Å²) in [4.78, 5) is 0. The highest BCUT2D eigenvalue weighted by atomic mass is 32.2. The topological polar surface area (TPSA) is 41.1 Å². The van der Waals surface area contributed by atoms with E-state index in [1.807, 2.05) is 6.92 Å². The molecule has 1 saturated heterocycles. The van der Waals surface area contributed by atoms with E-state index >= 15 is 0 Å². The van der Waals surface area contributed by atoms with Gasteiger partial charge in [0.05, 0.1) is 0 Å². The molecule has 12 heavy (non-hydrogen) atoms. The molecular weight excluding hydrogens is 172 g/mol. The van der Waals surface area contributed by atoms with Crippen LogP contribution in [0.2, 0.25) is 0 Å². The van der Waals surface area contributed by atoms with Gasteiger partial charge in [-0.2, -0.15) is 0 Å². The lowest BCUT2D eigenvalue weighted by atomic mass is 10.2. The van der Waals surface area contributed by atoms with Crippen molar-refractivity contribution in [1.82, 2.24) is 10.6 Å². The van der Waals surface area contributed by atoms with E-state index < -0.39 is 10.8 Å².